The van der Waals surface area contributed by atoms with E-state index in [9.17, 15) is 21.6 Å². The van der Waals surface area contributed by atoms with Crippen LogP contribution in [0.25, 0.3) is 10.8 Å². The molecule has 37 heavy (non-hydrogen) atoms. The number of carbonyl (C=O) groups is 1. The van der Waals surface area contributed by atoms with E-state index in [0.717, 1.165) is 22.6 Å². The summed E-state index contributed by atoms with van der Waals surface area (Å²) in [5.74, 6) is -0.164. The Labute approximate surface area is 221 Å². The van der Waals surface area contributed by atoms with E-state index in [1.807, 2.05) is 49.9 Å². The van der Waals surface area contributed by atoms with Crippen LogP contribution in [-0.2, 0) is 24.8 Å². The Balaban J connectivity index is 1.75. The SMILES string of the molecule is C=C1C(N(C)S(=O)(=O)c2ccc3cc(C)ccc3c2)CCN1C(C)C(=O)N(CCNS(C)(=O)=O)C(C)C. The second-order valence-electron chi connectivity index (χ2n) is 9.99. The molecule has 0 aromatic heterocycles. The molecule has 3 rings (SSSR count). The molecule has 1 fully saturated rings. The molecule has 0 saturated carbocycles. The normalized spacial score (nSPS) is 17.7. The number of carbonyl (C=O) groups excluding carboxylic acids is 1. The number of nitrogens with one attached hydrogen (secondary N) is 1. The van der Waals surface area contributed by atoms with E-state index in [4.69, 9.17) is 0 Å². The zero-order valence-electron chi connectivity index (χ0n) is 22.4. The molecule has 0 radical (unpaired) electrons. The Bertz CT molecular complexity index is 1390. The third-order valence-electron chi connectivity index (χ3n) is 6.93. The van der Waals surface area contributed by atoms with Gasteiger partial charge in [0.25, 0.3) is 0 Å². The molecule has 0 bridgehead atoms. The van der Waals surface area contributed by atoms with Crippen LogP contribution in [0.15, 0.2) is 53.6 Å². The maximum absolute atomic E-state index is 13.5. The van der Waals surface area contributed by atoms with Gasteiger partial charge in [-0.1, -0.05) is 36.4 Å². The van der Waals surface area contributed by atoms with Crippen molar-refractivity contribution in [3.63, 3.8) is 0 Å². The van der Waals surface area contributed by atoms with Crippen molar-refractivity contribution in [3.8, 4) is 0 Å². The van der Waals surface area contributed by atoms with Crippen LogP contribution < -0.4 is 4.72 Å². The number of sulfonamides is 2. The van der Waals surface area contributed by atoms with Crippen molar-refractivity contribution in [2.24, 2.45) is 0 Å². The summed E-state index contributed by atoms with van der Waals surface area (Å²) in [6.07, 6.45) is 1.59. The molecule has 2 aromatic carbocycles. The molecule has 0 aliphatic carbocycles. The fourth-order valence-corrected chi connectivity index (χ4v) is 6.65. The van der Waals surface area contributed by atoms with Gasteiger partial charge in [-0.15, -0.1) is 0 Å². The second-order valence-corrected chi connectivity index (χ2v) is 13.8. The van der Waals surface area contributed by atoms with Gasteiger partial charge >= 0.3 is 0 Å². The largest absolute Gasteiger partial charge is 0.362 e. The number of aryl methyl sites for hydroxylation is 1. The lowest BCUT2D eigenvalue weighted by Gasteiger charge is -2.35. The first-order valence-corrected chi connectivity index (χ1v) is 15.7. The van der Waals surface area contributed by atoms with Gasteiger partial charge in [-0.2, -0.15) is 4.31 Å². The number of fused-ring (bicyclic) bond motifs is 1. The Morgan fingerprint density at radius 1 is 1.11 bits per heavy atom. The van der Waals surface area contributed by atoms with E-state index in [2.05, 4.69) is 11.3 Å². The molecular formula is C26H38N4O5S2. The summed E-state index contributed by atoms with van der Waals surface area (Å²) in [6, 6.07) is 9.83. The number of likely N-dealkylation sites (tertiary alicyclic amines) is 1. The second kappa shape index (κ2) is 11.1. The van der Waals surface area contributed by atoms with Crippen LogP contribution in [0.2, 0.25) is 0 Å². The van der Waals surface area contributed by atoms with Crippen molar-refractivity contribution in [2.45, 2.75) is 57.1 Å². The van der Waals surface area contributed by atoms with Crippen molar-refractivity contribution in [3.05, 3.63) is 54.2 Å². The average Bonchev–Trinajstić information content (AvgIpc) is 3.20. The van der Waals surface area contributed by atoms with Crippen molar-refractivity contribution in [1.29, 1.82) is 0 Å². The van der Waals surface area contributed by atoms with Gasteiger partial charge < -0.3 is 9.80 Å². The molecule has 11 heteroatoms. The summed E-state index contributed by atoms with van der Waals surface area (Å²) < 4.78 is 53.6. The van der Waals surface area contributed by atoms with Crippen molar-refractivity contribution >= 4 is 36.7 Å². The predicted octanol–water partition coefficient (Wildman–Crippen LogP) is 2.53. The van der Waals surface area contributed by atoms with Crippen LogP contribution in [0.1, 0.15) is 32.8 Å². The van der Waals surface area contributed by atoms with E-state index in [1.54, 1.807) is 31.0 Å². The van der Waals surface area contributed by atoms with E-state index in [1.165, 1.54) is 4.31 Å². The van der Waals surface area contributed by atoms with E-state index < -0.39 is 32.1 Å². The van der Waals surface area contributed by atoms with Crippen LogP contribution in [0.3, 0.4) is 0 Å². The first-order valence-electron chi connectivity index (χ1n) is 12.3. The molecule has 1 amide bonds. The number of nitrogens with zero attached hydrogens (tertiary/aromatic N) is 3. The summed E-state index contributed by atoms with van der Waals surface area (Å²) in [7, 11) is -5.60. The maximum Gasteiger partial charge on any atom is 0.245 e. The molecule has 0 spiro atoms. The number of amides is 1. The number of benzene rings is 2. The summed E-state index contributed by atoms with van der Waals surface area (Å²) in [5, 5.41) is 1.83. The molecule has 1 N–H and O–H groups in total. The van der Waals surface area contributed by atoms with Gasteiger partial charge in [-0.25, -0.2) is 21.6 Å². The van der Waals surface area contributed by atoms with Gasteiger partial charge in [-0.3, -0.25) is 4.79 Å². The molecule has 1 heterocycles. The summed E-state index contributed by atoms with van der Waals surface area (Å²) in [5.41, 5.74) is 1.68. The fourth-order valence-electron chi connectivity index (χ4n) is 4.78. The fraction of sp³-hybridized carbons (Fsp3) is 0.500. The lowest BCUT2D eigenvalue weighted by Crippen LogP contribution is -2.50. The Morgan fingerprint density at radius 2 is 1.73 bits per heavy atom. The lowest BCUT2D eigenvalue weighted by molar-refractivity contribution is -0.137. The number of hydrogen-bond donors (Lipinski definition) is 1. The third kappa shape index (κ3) is 6.51. The highest BCUT2D eigenvalue weighted by Crippen LogP contribution is 2.31. The molecular weight excluding hydrogens is 512 g/mol. The van der Waals surface area contributed by atoms with E-state index in [-0.39, 0.29) is 29.9 Å². The Morgan fingerprint density at radius 3 is 2.35 bits per heavy atom. The standard InChI is InChI=1S/C26H38N4O5S2/c1-18(2)29(15-13-27-36(7,32)33)26(31)21(5)30-14-12-25(20(30)4)28(6)37(34,35)24-11-10-22-16-19(3)8-9-23(22)17-24/h8-11,16-18,21,25,27H,4,12-15H2,1-3,5-7H3. The number of hydrogen-bond acceptors (Lipinski definition) is 6. The summed E-state index contributed by atoms with van der Waals surface area (Å²) >= 11 is 0. The van der Waals surface area contributed by atoms with Crippen molar-refractivity contribution in [2.75, 3.05) is 32.9 Å². The lowest BCUT2D eigenvalue weighted by atomic mass is 10.1. The van der Waals surface area contributed by atoms with E-state index in [0.29, 0.717) is 18.7 Å². The molecule has 2 atom stereocenters. The quantitative estimate of drug-likeness (QED) is 0.487. The van der Waals surface area contributed by atoms with Crippen molar-refractivity contribution in [1.82, 2.24) is 18.8 Å². The zero-order chi connectivity index (χ0) is 27.7. The highest BCUT2D eigenvalue weighted by Gasteiger charge is 2.40. The van der Waals surface area contributed by atoms with Crippen molar-refractivity contribution < 1.29 is 21.6 Å². The van der Waals surface area contributed by atoms with Crippen LogP contribution in [0.5, 0.6) is 0 Å². The zero-order valence-corrected chi connectivity index (χ0v) is 24.1. The molecule has 1 saturated heterocycles. The van der Waals surface area contributed by atoms with Gasteiger partial charge in [-0.05, 0) is 57.0 Å². The Kier molecular flexibility index (Phi) is 8.73. The minimum Gasteiger partial charge on any atom is -0.362 e. The molecule has 204 valence electrons. The minimum absolute atomic E-state index is 0.116. The van der Waals surface area contributed by atoms with Crippen LogP contribution in [0, 0.1) is 6.92 Å². The highest BCUT2D eigenvalue weighted by molar-refractivity contribution is 7.89. The van der Waals surface area contributed by atoms with Gasteiger partial charge in [0, 0.05) is 38.4 Å². The smallest absolute Gasteiger partial charge is 0.245 e. The molecule has 9 nitrogen and oxygen atoms in total. The summed E-state index contributed by atoms with van der Waals surface area (Å²) in [4.78, 5) is 17.0. The third-order valence-corrected chi connectivity index (χ3v) is 9.52. The van der Waals surface area contributed by atoms with Crippen LogP contribution in [-0.4, -0.2) is 87.9 Å². The minimum atomic E-state index is -3.80. The van der Waals surface area contributed by atoms with Crippen LogP contribution >= 0.6 is 0 Å². The first kappa shape index (κ1) is 29.1. The monoisotopic (exact) mass is 550 g/mol. The number of rotatable bonds is 10. The topological polar surface area (TPSA) is 107 Å². The van der Waals surface area contributed by atoms with Gasteiger partial charge in [0.1, 0.15) is 6.04 Å². The Hall–Kier alpha value is -2.47. The highest BCUT2D eigenvalue weighted by atomic mass is 32.2. The first-order chi connectivity index (χ1) is 17.1. The van der Waals surface area contributed by atoms with Gasteiger partial charge in [0.15, 0.2) is 0 Å². The molecule has 2 unspecified atom stereocenters. The predicted molar refractivity (Wildman–Crippen MR) is 147 cm³/mol. The van der Waals surface area contributed by atoms with Gasteiger partial charge in [0.2, 0.25) is 26.0 Å². The molecule has 1 aliphatic heterocycles. The maximum atomic E-state index is 13.5. The van der Waals surface area contributed by atoms with Crippen LogP contribution in [0.4, 0.5) is 0 Å². The summed E-state index contributed by atoms with van der Waals surface area (Å²) in [6.45, 7) is 12.5. The van der Waals surface area contributed by atoms with Gasteiger partial charge in [0.05, 0.1) is 17.2 Å². The molecule has 2 aromatic rings. The average molecular weight is 551 g/mol. The molecule has 1 aliphatic rings. The number of likely N-dealkylation sites (N-methyl/N-ethyl adjacent to an activating group) is 1. The van der Waals surface area contributed by atoms with E-state index >= 15 is 0 Å².